The highest BCUT2D eigenvalue weighted by molar-refractivity contribution is 5.94. The van der Waals surface area contributed by atoms with Gasteiger partial charge in [-0.2, -0.15) is 5.10 Å². The Morgan fingerprint density at radius 3 is 2.77 bits per heavy atom. The number of benzene rings is 2. The average Bonchev–Trinajstić information content (AvgIpc) is 3.19. The molecule has 4 rings (SSSR count). The highest BCUT2D eigenvalue weighted by Crippen LogP contribution is 2.26. The van der Waals surface area contributed by atoms with Crippen LogP contribution >= 0.6 is 0 Å². The number of fused-ring (bicyclic) bond motifs is 1. The van der Waals surface area contributed by atoms with E-state index < -0.39 is 0 Å². The number of rotatable bonds is 7. The van der Waals surface area contributed by atoms with Crippen LogP contribution in [0.2, 0.25) is 0 Å². The number of nitrogens with one attached hydrogen (secondary N) is 3. The molecule has 1 atom stereocenters. The molecule has 2 heterocycles. The summed E-state index contributed by atoms with van der Waals surface area (Å²) >= 11 is 0. The van der Waals surface area contributed by atoms with Gasteiger partial charge in [0.1, 0.15) is 11.4 Å². The molecule has 7 heteroatoms. The van der Waals surface area contributed by atoms with Gasteiger partial charge < -0.3 is 15.4 Å². The summed E-state index contributed by atoms with van der Waals surface area (Å²) in [5.41, 5.74) is 5.19. The van der Waals surface area contributed by atoms with E-state index in [9.17, 15) is 4.79 Å². The molecule has 1 amide bonds. The highest BCUT2D eigenvalue weighted by atomic mass is 16.5. The SMILES string of the molecule is CNCC(NC(=O)c1cc(-c2ccc3[nH]nc(C)c3c2)ccn1)c1cccc(OC)c1. The number of H-pyrrole nitrogens is 1. The van der Waals surface area contributed by atoms with Gasteiger partial charge in [0.2, 0.25) is 0 Å². The van der Waals surface area contributed by atoms with Crippen LogP contribution in [0.5, 0.6) is 5.75 Å². The van der Waals surface area contributed by atoms with Gasteiger partial charge in [0.05, 0.1) is 24.4 Å². The van der Waals surface area contributed by atoms with Gasteiger partial charge in [-0.1, -0.05) is 18.2 Å². The van der Waals surface area contributed by atoms with Crippen LogP contribution in [0.25, 0.3) is 22.0 Å². The van der Waals surface area contributed by atoms with Crippen molar-refractivity contribution in [2.24, 2.45) is 0 Å². The fourth-order valence-electron chi connectivity index (χ4n) is 3.61. The molecule has 158 valence electrons. The van der Waals surface area contributed by atoms with Gasteiger partial charge in [-0.15, -0.1) is 0 Å². The Morgan fingerprint density at radius 2 is 1.97 bits per heavy atom. The van der Waals surface area contributed by atoms with E-state index in [1.54, 1.807) is 13.3 Å². The zero-order valence-corrected chi connectivity index (χ0v) is 17.8. The Kier molecular flexibility index (Phi) is 5.95. The first-order chi connectivity index (χ1) is 15.1. The molecule has 7 nitrogen and oxygen atoms in total. The number of methoxy groups -OCH3 is 1. The topological polar surface area (TPSA) is 91.9 Å². The lowest BCUT2D eigenvalue weighted by molar-refractivity contribution is 0.0931. The normalized spacial score (nSPS) is 12.0. The Labute approximate surface area is 180 Å². The number of carbonyl (C=O) groups excluding carboxylic acids is 1. The fourth-order valence-corrected chi connectivity index (χ4v) is 3.61. The van der Waals surface area contributed by atoms with E-state index in [0.717, 1.165) is 39.0 Å². The zero-order valence-electron chi connectivity index (χ0n) is 17.8. The van der Waals surface area contributed by atoms with Crippen molar-refractivity contribution in [2.75, 3.05) is 20.7 Å². The molecule has 0 fully saturated rings. The van der Waals surface area contributed by atoms with Gasteiger partial charge in [-0.05, 0) is 67.1 Å². The number of amides is 1. The van der Waals surface area contributed by atoms with Crippen LogP contribution in [0, 0.1) is 6.92 Å². The number of aromatic nitrogens is 3. The quantitative estimate of drug-likeness (QED) is 0.429. The van der Waals surface area contributed by atoms with E-state index in [-0.39, 0.29) is 11.9 Å². The predicted molar refractivity (Wildman–Crippen MR) is 121 cm³/mol. The smallest absolute Gasteiger partial charge is 0.270 e. The monoisotopic (exact) mass is 415 g/mol. The fraction of sp³-hybridized carbons (Fsp3) is 0.208. The second-order valence-electron chi connectivity index (χ2n) is 7.36. The molecule has 4 aromatic rings. The van der Waals surface area contributed by atoms with E-state index in [1.165, 1.54) is 0 Å². The maximum absolute atomic E-state index is 13.0. The number of hydrogen-bond acceptors (Lipinski definition) is 5. The third kappa shape index (κ3) is 4.41. The summed E-state index contributed by atoms with van der Waals surface area (Å²) in [6.45, 7) is 2.55. The van der Waals surface area contributed by atoms with Crippen LogP contribution in [0.3, 0.4) is 0 Å². The van der Waals surface area contributed by atoms with E-state index in [2.05, 4.69) is 31.9 Å². The number of aromatic amines is 1. The van der Waals surface area contributed by atoms with Crippen molar-refractivity contribution in [1.29, 1.82) is 0 Å². The minimum atomic E-state index is -0.231. The second kappa shape index (κ2) is 8.97. The molecule has 0 aliphatic heterocycles. The van der Waals surface area contributed by atoms with Gasteiger partial charge >= 0.3 is 0 Å². The lowest BCUT2D eigenvalue weighted by Gasteiger charge is -2.19. The van der Waals surface area contributed by atoms with E-state index in [0.29, 0.717) is 12.2 Å². The lowest BCUT2D eigenvalue weighted by Crippen LogP contribution is -2.35. The Balaban J connectivity index is 1.59. The van der Waals surface area contributed by atoms with Gasteiger partial charge in [-0.25, -0.2) is 0 Å². The molecule has 2 aromatic heterocycles. The van der Waals surface area contributed by atoms with Crippen LogP contribution in [0.1, 0.15) is 27.8 Å². The molecular formula is C24H25N5O2. The Hall–Kier alpha value is -3.71. The van der Waals surface area contributed by atoms with E-state index >= 15 is 0 Å². The Bertz CT molecular complexity index is 1220. The molecule has 1 unspecified atom stereocenters. The van der Waals surface area contributed by atoms with Crippen LogP contribution in [0.15, 0.2) is 60.8 Å². The van der Waals surface area contributed by atoms with E-state index in [1.807, 2.05) is 62.5 Å². The lowest BCUT2D eigenvalue weighted by atomic mass is 10.0. The van der Waals surface area contributed by atoms with Crippen molar-refractivity contribution in [3.63, 3.8) is 0 Å². The van der Waals surface area contributed by atoms with Crippen molar-refractivity contribution in [3.8, 4) is 16.9 Å². The van der Waals surface area contributed by atoms with Crippen LogP contribution in [-0.2, 0) is 0 Å². The highest BCUT2D eigenvalue weighted by Gasteiger charge is 2.17. The van der Waals surface area contributed by atoms with Gasteiger partial charge in [0.15, 0.2) is 0 Å². The molecule has 0 saturated carbocycles. The van der Waals surface area contributed by atoms with Gasteiger partial charge in [-0.3, -0.25) is 14.9 Å². The molecule has 31 heavy (non-hydrogen) atoms. The van der Waals surface area contributed by atoms with Gasteiger partial charge in [0.25, 0.3) is 5.91 Å². The zero-order chi connectivity index (χ0) is 21.8. The summed E-state index contributed by atoms with van der Waals surface area (Å²) in [6.07, 6.45) is 1.66. The number of likely N-dealkylation sites (N-methyl/N-ethyl adjacent to an activating group) is 1. The number of carbonyl (C=O) groups is 1. The minimum absolute atomic E-state index is 0.219. The maximum atomic E-state index is 13.0. The largest absolute Gasteiger partial charge is 0.497 e. The van der Waals surface area contributed by atoms with Crippen LogP contribution in [-0.4, -0.2) is 41.8 Å². The van der Waals surface area contributed by atoms with Crippen LogP contribution in [0.4, 0.5) is 0 Å². The molecule has 0 aliphatic carbocycles. The van der Waals surface area contributed by atoms with Crippen molar-refractivity contribution < 1.29 is 9.53 Å². The number of pyridine rings is 1. The van der Waals surface area contributed by atoms with E-state index in [4.69, 9.17) is 4.74 Å². The first-order valence-electron chi connectivity index (χ1n) is 10.1. The number of nitrogens with zero attached hydrogens (tertiary/aromatic N) is 2. The average molecular weight is 415 g/mol. The standard InChI is InChI=1S/C24H25N5O2/c1-15-20-12-16(7-8-21(20)29-28-15)17-9-10-26-22(13-17)24(30)27-23(14-25-2)18-5-4-6-19(11-18)31-3/h4-13,23,25H,14H2,1-3H3,(H,27,30)(H,28,29). The molecule has 0 saturated heterocycles. The first-order valence-corrected chi connectivity index (χ1v) is 10.1. The summed E-state index contributed by atoms with van der Waals surface area (Å²) in [5, 5.41) is 14.5. The summed E-state index contributed by atoms with van der Waals surface area (Å²) in [4.78, 5) is 17.3. The molecule has 0 aliphatic rings. The van der Waals surface area contributed by atoms with Gasteiger partial charge in [0, 0.05) is 18.1 Å². The first kappa shape index (κ1) is 20.6. The van der Waals surface area contributed by atoms with Crippen molar-refractivity contribution in [1.82, 2.24) is 25.8 Å². The summed E-state index contributed by atoms with van der Waals surface area (Å²) in [7, 11) is 3.48. The summed E-state index contributed by atoms with van der Waals surface area (Å²) in [5.74, 6) is 0.517. The Morgan fingerprint density at radius 1 is 1.13 bits per heavy atom. The molecule has 0 radical (unpaired) electrons. The molecule has 0 bridgehead atoms. The van der Waals surface area contributed by atoms with Crippen molar-refractivity contribution >= 4 is 16.8 Å². The molecule has 0 spiro atoms. The third-order valence-electron chi connectivity index (χ3n) is 5.29. The van der Waals surface area contributed by atoms with Crippen molar-refractivity contribution in [3.05, 3.63) is 77.7 Å². The minimum Gasteiger partial charge on any atom is -0.497 e. The molecule has 3 N–H and O–H groups in total. The van der Waals surface area contributed by atoms with Crippen LogP contribution < -0.4 is 15.4 Å². The summed E-state index contributed by atoms with van der Waals surface area (Å²) < 4.78 is 5.32. The number of ether oxygens (including phenoxy) is 1. The van der Waals surface area contributed by atoms with Crippen molar-refractivity contribution in [2.45, 2.75) is 13.0 Å². The molecule has 2 aromatic carbocycles. The predicted octanol–water partition coefficient (Wildman–Crippen LogP) is 3.63. The third-order valence-corrected chi connectivity index (χ3v) is 5.29. The number of aryl methyl sites for hydroxylation is 1. The second-order valence-corrected chi connectivity index (χ2v) is 7.36. The summed E-state index contributed by atoms with van der Waals surface area (Å²) in [6, 6.07) is 17.3. The maximum Gasteiger partial charge on any atom is 0.270 e. The molecular weight excluding hydrogens is 390 g/mol. The number of hydrogen-bond donors (Lipinski definition) is 3.